The predicted molar refractivity (Wildman–Crippen MR) is 41.6 cm³/mol. The van der Waals surface area contributed by atoms with Crippen molar-refractivity contribution in [2.75, 3.05) is 6.61 Å². The van der Waals surface area contributed by atoms with Crippen LogP contribution in [0.2, 0.25) is 0 Å². The lowest BCUT2D eigenvalue weighted by atomic mass is 10.2. The molecule has 0 heterocycles. The van der Waals surface area contributed by atoms with Gasteiger partial charge >= 0.3 is 0 Å². The van der Waals surface area contributed by atoms with E-state index in [1.807, 2.05) is 6.92 Å². The second-order valence-electron chi connectivity index (χ2n) is 2.38. The van der Waals surface area contributed by atoms with E-state index in [2.05, 4.69) is 12.0 Å². The highest BCUT2D eigenvalue weighted by molar-refractivity contribution is 5.24. The first-order valence-electron chi connectivity index (χ1n) is 3.62. The quantitative estimate of drug-likeness (QED) is 0.422. The van der Waals surface area contributed by atoms with Crippen molar-refractivity contribution >= 4 is 0 Å². The summed E-state index contributed by atoms with van der Waals surface area (Å²) < 4.78 is 5.26. The van der Waals surface area contributed by atoms with E-state index in [0.29, 0.717) is 6.61 Å². The second kappa shape index (κ2) is 3.43. The van der Waals surface area contributed by atoms with Gasteiger partial charge in [-0.3, -0.25) is 0 Å². The Morgan fingerprint density at radius 1 is 1.90 bits per heavy atom. The molecule has 0 saturated carbocycles. The molecule has 0 radical (unpaired) electrons. The van der Waals surface area contributed by atoms with Crippen molar-refractivity contribution in [1.29, 1.82) is 0 Å². The number of rotatable bonds is 4. The Balaban J connectivity index is 2.20. The molecule has 0 N–H and O–H groups in total. The van der Waals surface area contributed by atoms with Crippen molar-refractivity contribution in [3.63, 3.8) is 0 Å². The Labute approximate surface area is 62.1 Å². The van der Waals surface area contributed by atoms with E-state index >= 15 is 0 Å². The predicted octanol–water partition coefficient (Wildman–Crippen LogP) is 1.74. The summed E-state index contributed by atoms with van der Waals surface area (Å²) in [5.74, 6) is 2.61. The molecule has 0 fully saturated rings. The molecule has 1 aliphatic carbocycles. The van der Waals surface area contributed by atoms with Crippen molar-refractivity contribution in [3.05, 3.63) is 11.6 Å². The zero-order valence-electron chi connectivity index (χ0n) is 6.26. The number of allylic oxidation sites excluding steroid dienone is 1. The maximum Gasteiger partial charge on any atom is 0.121 e. The van der Waals surface area contributed by atoms with E-state index in [1.54, 1.807) is 0 Å². The maximum atomic E-state index is 5.26. The van der Waals surface area contributed by atoms with Gasteiger partial charge in [-0.15, -0.1) is 6.42 Å². The van der Waals surface area contributed by atoms with Crippen LogP contribution in [0.5, 0.6) is 0 Å². The van der Waals surface area contributed by atoms with Gasteiger partial charge in [-0.1, -0.05) is 17.6 Å². The van der Waals surface area contributed by atoms with E-state index < -0.39 is 0 Å². The molecule has 0 amide bonds. The highest BCUT2D eigenvalue weighted by atomic mass is 16.5. The fourth-order valence-corrected chi connectivity index (χ4v) is 0.844. The van der Waals surface area contributed by atoms with E-state index in [9.17, 15) is 0 Å². The average molecular weight is 136 g/mol. The molecule has 0 saturated heterocycles. The van der Waals surface area contributed by atoms with Gasteiger partial charge in [-0.2, -0.15) is 0 Å². The van der Waals surface area contributed by atoms with E-state index in [4.69, 9.17) is 11.2 Å². The van der Waals surface area contributed by atoms with Gasteiger partial charge in [-0.25, -0.2) is 0 Å². The third kappa shape index (κ3) is 2.24. The first kappa shape index (κ1) is 7.37. The van der Waals surface area contributed by atoms with Crippen molar-refractivity contribution in [1.82, 2.24) is 0 Å². The van der Waals surface area contributed by atoms with Crippen molar-refractivity contribution < 1.29 is 4.74 Å². The van der Waals surface area contributed by atoms with Gasteiger partial charge in [0.2, 0.25) is 0 Å². The van der Waals surface area contributed by atoms with Gasteiger partial charge < -0.3 is 4.74 Å². The third-order valence-corrected chi connectivity index (χ3v) is 1.49. The Morgan fingerprint density at radius 2 is 2.60 bits per heavy atom. The summed E-state index contributed by atoms with van der Waals surface area (Å²) in [5.41, 5.74) is 1.44. The summed E-state index contributed by atoms with van der Waals surface area (Å²) in [5, 5.41) is 0. The number of hydrogen-bond donors (Lipinski definition) is 0. The van der Waals surface area contributed by atoms with Crippen LogP contribution in [0, 0.1) is 12.3 Å². The zero-order chi connectivity index (χ0) is 7.40. The summed E-state index contributed by atoms with van der Waals surface area (Å²) >= 11 is 0. The van der Waals surface area contributed by atoms with Crippen LogP contribution in [0.25, 0.3) is 0 Å². The van der Waals surface area contributed by atoms with Crippen LogP contribution in [-0.4, -0.2) is 12.7 Å². The Hall–Kier alpha value is -0.740. The van der Waals surface area contributed by atoms with Gasteiger partial charge in [0.25, 0.3) is 0 Å². The largest absolute Gasteiger partial charge is 0.365 e. The molecular formula is C9H12O. The van der Waals surface area contributed by atoms with Gasteiger partial charge in [0.05, 0.1) is 0 Å². The highest BCUT2D eigenvalue weighted by Gasteiger charge is 2.12. The lowest BCUT2D eigenvalue weighted by Gasteiger charge is -2.07. The molecule has 1 nitrogen and oxygen atoms in total. The normalized spacial score (nSPS) is 17.4. The summed E-state index contributed by atoms with van der Waals surface area (Å²) in [7, 11) is 0. The molecule has 0 aromatic carbocycles. The van der Waals surface area contributed by atoms with E-state index in [0.717, 1.165) is 12.8 Å². The summed E-state index contributed by atoms with van der Waals surface area (Å²) in [6.07, 6.45) is 9.51. The lowest BCUT2D eigenvalue weighted by Crippen LogP contribution is -2.08. The molecule has 0 aromatic rings. The lowest BCUT2D eigenvalue weighted by molar-refractivity contribution is 0.104. The average Bonchev–Trinajstić information content (AvgIpc) is 2.71. The maximum absolute atomic E-state index is 5.26. The van der Waals surface area contributed by atoms with Crippen LogP contribution < -0.4 is 0 Å². The molecule has 1 aliphatic rings. The van der Waals surface area contributed by atoms with E-state index in [-0.39, 0.29) is 6.10 Å². The Bertz CT molecular complexity index is 174. The van der Waals surface area contributed by atoms with Crippen LogP contribution >= 0.6 is 0 Å². The fraction of sp³-hybridized carbons (Fsp3) is 0.556. The minimum absolute atomic E-state index is 0.0127. The summed E-state index contributed by atoms with van der Waals surface area (Å²) in [6.45, 7) is 2.67. The van der Waals surface area contributed by atoms with Crippen LogP contribution in [0.4, 0.5) is 0 Å². The van der Waals surface area contributed by atoms with Crippen molar-refractivity contribution in [2.45, 2.75) is 25.9 Å². The van der Waals surface area contributed by atoms with Crippen LogP contribution in [0.15, 0.2) is 11.6 Å². The topological polar surface area (TPSA) is 9.23 Å². The SMILES string of the molecule is C#CC(CC1=CC1)OCC. The van der Waals surface area contributed by atoms with Gasteiger partial charge in [0, 0.05) is 13.0 Å². The molecule has 1 atom stereocenters. The van der Waals surface area contributed by atoms with E-state index in [1.165, 1.54) is 5.57 Å². The first-order chi connectivity index (χ1) is 4.86. The number of terminal acetylenes is 1. The third-order valence-electron chi connectivity index (χ3n) is 1.49. The number of ether oxygens (including phenoxy) is 1. The van der Waals surface area contributed by atoms with Crippen LogP contribution in [-0.2, 0) is 4.74 Å². The molecule has 0 aliphatic heterocycles. The monoisotopic (exact) mass is 136 g/mol. The second-order valence-corrected chi connectivity index (χ2v) is 2.38. The number of hydrogen-bond acceptors (Lipinski definition) is 1. The van der Waals surface area contributed by atoms with Crippen LogP contribution in [0.3, 0.4) is 0 Å². The van der Waals surface area contributed by atoms with Gasteiger partial charge in [0.15, 0.2) is 0 Å². The molecular weight excluding hydrogens is 124 g/mol. The zero-order valence-corrected chi connectivity index (χ0v) is 6.26. The minimum atomic E-state index is 0.0127. The van der Waals surface area contributed by atoms with Gasteiger partial charge in [0.1, 0.15) is 6.10 Å². The first-order valence-corrected chi connectivity index (χ1v) is 3.62. The molecule has 1 unspecified atom stereocenters. The minimum Gasteiger partial charge on any atom is -0.365 e. The molecule has 1 rings (SSSR count). The Kier molecular flexibility index (Phi) is 2.53. The summed E-state index contributed by atoms with van der Waals surface area (Å²) in [6, 6.07) is 0. The van der Waals surface area contributed by atoms with Crippen molar-refractivity contribution in [3.8, 4) is 12.3 Å². The van der Waals surface area contributed by atoms with Crippen LogP contribution in [0.1, 0.15) is 19.8 Å². The smallest absolute Gasteiger partial charge is 0.121 e. The standard InChI is InChI=1S/C9H12O/c1-3-9(10-4-2)7-8-5-6-8/h1,5,9H,4,6-7H2,2H3. The van der Waals surface area contributed by atoms with Crippen molar-refractivity contribution in [2.24, 2.45) is 0 Å². The molecule has 54 valence electrons. The fourth-order valence-electron chi connectivity index (χ4n) is 0.844. The molecule has 0 bridgehead atoms. The molecule has 0 spiro atoms. The summed E-state index contributed by atoms with van der Waals surface area (Å²) in [4.78, 5) is 0. The molecule has 0 aromatic heterocycles. The Morgan fingerprint density at radius 3 is 3.00 bits per heavy atom. The molecule has 1 heteroatoms. The molecule has 10 heavy (non-hydrogen) atoms. The van der Waals surface area contributed by atoms with Gasteiger partial charge in [-0.05, 0) is 13.3 Å². The highest BCUT2D eigenvalue weighted by Crippen LogP contribution is 2.24.